The van der Waals surface area contributed by atoms with Crippen LogP contribution in [0.25, 0.3) is 0 Å². The van der Waals surface area contributed by atoms with E-state index in [9.17, 15) is 0 Å². The molecule has 2 N–H and O–H groups in total. The molecule has 0 spiro atoms. The van der Waals surface area contributed by atoms with Gasteiger partial charge in [-0.15, -0.1) is 11.3 Å². The van der Waals surface area contributed by atoms with Crippen LogP contribution in [0.4, 0.5) is 0 Å². The van der Waals surface area contributed by atoms with E-state index in [2.05, 4.69) is 30.8 Å². The smallest absolute Gasteiger partial charge is 0.0798 e. The van der Waals surface area contributed by atoms with Crippen LogP contribution in [0.3, 0.4) is 0 Å². The number of rotatable bonds is 4. The molecule has 0 saturated carbocycles. The second kappa shape index (κ2) is 5.02. The molecule has 2 atom stereocenters. The second-order valence-corrected chi connectivity index (χ2v) is 5.73. The van der Waals surface area contributed by atoms with Crippen LogP contribution < -0.4 is 5.73 Å². The van der Waals surface area contributed by atoms with Crippen molar-refractivity contribution in [2.24, 2.45) is 5.73 Å². The lowest BCUT2D eigenvalue weighted by atomic mass is 9.90. The Bertz CT molecular complexity index is 382. The lowest BCUT2D eigenvalue weighted by Gasteiger charge is -2.40. The van der Waals surface area contributed by atoms with Gasteiger partial charge in [0.05, 0.1) is 22.8 Å². The maximum atomic E-state index is 5.99. The van der Waals surface area contributed by atoms with Crippen molar-refractivity contribution in [3.05, 3.63) is 16.1 Å². The molecule has 1 aromatic rings. The van der Waals surface area contributed by atoms with Crippen molar-refractivity contribution in [3.8, 4) is 0 Å². The van der Waals surface area contributed by atoms with Gasteiger partial charge in [0.1, 0.15) is 0 Å². The first-order valence-electron chi connectivity index (χ1n) is 6.02. The minimum absolute atomic E-state index is 0.0174. The summed E-state index contributed by atoms with van der Waals surface area (Å²) in [6, 6.07) is 0. The second-order valence-electron chi connectivity index (χ2n) is 4.79. The number of hydrogen-bond acceptors (Lipinski definition) is 5. The van der Waals surface area contributed by atoms with Gasteiger partial charge in [0.25, 0.3) is 0 Å². The molecule has 96 valence electrons. The molecule has 1 saturated heterocycles. The van der Waals surface area contributed by atoms with Gasteiger partial charge < -0.3 is 10.5 Å². The van der Waals surface area contributed by atoms with Crippen LogP contribution in [-0.2, 0) is 11.3 Å². The number of ether oxygens (including phenoxy) is 1. The van der Waals surface area contributed by atoms with Crippen LogP contribution >= 0.6 is 11.3 Å². The standard InChI is InChI=1S/C12H21N3OS/c1-9-11(17-8-14-9)6-15(3)12(7-13)4-5-16-10(12)2/h8,10H,4-7,13H2,1-3H3. The fourth-order valence-electron chi connectivity index (χ4n) is 2.55. The van der Waals surface area contributed by atoms with E-state index in [1.807, 2.05) is 5.51 Å². The monoisotopic (exact) mass is 255 g/mol. The highest BCUT2D eigenvalue weighted by Crippen LogP contribution is 2.32. The zero-order valence-electron chi connectivity index (χ0n) is 10.8. The minimum atomic E-state index is -0.0174. The molecule has 0 amide bonds. The maximum absolute atomic E-state index is 5.99. The van der Waals surface area contributed by atoms with Gasteiger partial charge in [0.15, 0.2) is 0 Å². The Labute approximate surface area is 107 Å². The summed E-state index contributed by atoms with van der Waals surface area (Å²) in [7, 11) is 2.14. The number of aromatic nitrogens is 1. The van der Waals surface area contributed by atoms with Crippen LogP contribution in [-0.4, -0.2) is 41.7 Å². The fourth-order valence-corrected chi connectivity index (χ4v) is 3.38. The summed E-state index contributed by atoms with van der Waals surface area (Å²) < 4.78 is 5.70. The van der Waals surface area contributed by atoms with E-state index in [1.165, 1.54) is 4.88 Å². The molecule has 2 rings (SSSR count). The highest BCUT2D eigenvalue weighted by molar-refractivity contribution is 7.09. The lowest BCUT2D eigenvalue weighted by molar-refractivity contribution is 0.0248. The number of likely N-dealkylation sites (N-methyl/N-ethyl adjacent to an activating group) is 1. The third-order valence-electron chi connectivity index (χ3n) is 4.00. The summed E-state index contributed by atoms with van der Waals surface area (Å²) in [4.78, 5) is 7.95. The van der Waals surface area contributed by atoms with Gasteiger partial charge in [-0.05, 0) is 27.3 Å². The summed E-state index contributed by atoms with van der Waals surface area (Å²) in [5.41, 5.74) is 9.01. The first kappa shape index (κ1) is 13.0. The topological polar surface area (TPSA) is 51.4 Å². The van der Waals surface area contributed by atoms with E-state index in [4.69, 9.17) is 10.5 Å². The highest BCUT2D eigenvalue weighted by atomic mass is 32.1. The normalized spacial score (nSPS) is 29.1. The third-order valence-corrected chi connectivity index (χ3v) is 4.92. The first-order valence-corrected chi connectivity index (χ1v) is 6.90. The molecular weight excluding hydrogens is 234 g/mol. The number of nitrogens with two attached hydrogens (primary N) is 1. The highest BCUT2D eigenvalue weighted by Gasteiger charge is 2.43. The van der Waals surface area contributed by atoms with E-state index in [0.717, 1.165) is 25.3 Å². The number of aryl methyl sites for hydroxylation is 1. The fraction of sp³-hybridized carbons (Fsp3) is 0.750. The number of nitrogens with zero attached hydrogens (tertiary/aromatic N) is 2. The summed E-state index contributed by atoms with van der Waals surface area (Å²) in [5.74, 6) is 0. The molecule has 1 aliphatic heterocycles. The van der Waals surface area contributed by atoms with Gasteiger partial charge in [-0.3, -0.25) is 4.90 Å². The molecule has 1 aromatic heterocycles. The van der Waals surface area contributed by atoms with Crippen LogP contribution in [0, 0.1) is 6.92 Å². The van der Waals surface area contributed by atoms with E-state index < -0.39 is 0 Å². The summed E-state index contributed by atoms with van der Waals surface area (Å²) in [6.45, 7) is 6.54. The molecule has 17 heavy (non-hydrogen) atoms. The molecule has 0 bridgehead atoms. The molecule has 4 nitrogen and oxygen atoms in total. The zero-order valence-corrected chi connectivity index (χ0v) is 11.6. The van der Waals surface area contributed by atoms with Crippen LogP contribution in [0.5, 0.6) is 0 Å². The van der Waals surface area contributed by atoms with Crippen LogP contribution in [0.15, 0.2) is 5.51 Å². The van der Waals surface area contributed by atoms with Crippen molar-refractivity contribution >= 4 is 11.3 Å². The van der Waals surface area contributed by atoms with Crippen LogP contribution in [0.1, 0.15) is 23.9 Å². The van der Waals surface area contributed by atoms with Crippen molar-refractivity contribution in [1.29, 1.82) is 0 Å². The Morgan fingerprint density at radius 1 is 1.71 bits per heavy atom. The van der Waals surface area contributed by atoms with Gasteiger partial charge in [-0.2, -0.15) is 0 Å². The van der Waals surface area contributed by atoms with E-state index in [1.54, 1.807) is 11.3 Å². The lowest BCUT2D eigenvalue weighted by Crippen LogP contribution is -2.56. The molecule has 2 unspecified atom stereocenters. The quantitative estimate of drug-likeness (QED) is 0.883. The Morgan fingerprint density at radius 3 is 2.94 bits per heavy atom. The molecule has 0 aromatic carbocycles. The minimum Gasteiger partial charge on any atom is -0.376 e. The van der Waals surface area contributed by atoms with E-state index >= 15 is 0 Å². The molecule has 5 heteroatoms. The van der Waals surface area contributed by atoms with Crippen molar-refractivity contribution in [3.63, 3.8) is 0 Å². The molecule has 2 heterocycles. The van der Waals surface area contributed by atoms with Gasteiger partial charge in [-0.25, -0.2) is 4.98 Å². The average molecular weight is 255 g/mol. The zero-order chi connectivity index (χ0) is 12.5. The van der Waals surface area contributed by atoms with Crippen molar-refractivity contribution in [2.45, 2.75) is 38.5 Å². The van der Waals surface area contributed by atoms with Crippen molar-refractivity contribution in [2.75, 3.05) is 20.2 Å². The summed E-state index contributed by atoms with van der Waals surface area (Å²) in [6.07, 6.45) is 1.21. The van der Waals surface area contributed by atoms with Crippen molar-refractivity contribution < 1.29 is 4.74 Å². The first-order chi connectivity index (χ1) is 8.10. The van der Waals surface area contributed by atoms with Gasteiger partial charge in [0, 0.05) is 24.6 Å². The molecule has 0 aliphatic carbocycles. The summed E-state index contributed by atoms with van der Waals surface area (Å²) in [5, 5.41) is 0. The maximum Gasteiger partial charge on any atom is 0.0798 e. The molecule has 0 radical (unpaired) electrons. The van der Waals surface area contributed by atoms with Gasteiger partial charge in [-0.1, -0.05) is 0 Å². The molecular formula is C12H21N3OS. The Hall–Kier alpha value is -0.490. The van der Waals surface area contributed by atoms with Gasteiger partial charge >= 0.3 is 0 Å². The molecule has 1 fully saturated rings. The SMILES string of the molecule is Cc1ncsc1CN(C)C1(CN)CCOC1C. The van der Waals surface area contributed by atoms with Gasteiger partial charge in [0.2, 0.25) is 0 Å². The van der Waals surface area contributed by atoms with Crippen molar-refractivity contribution in [1.82, 2.24) is 9.88 Å². The number of thiazole rings is 1. The Morgan fingerprint density at radius 2 is 2.47 bits per heavy atom. The molecule has 1 aliphatic rings. The number of hydrogen-bond donors (Lipinski definition) is 1. The predicted molar refractivity (Wildman–Crippen MR) is 70.1 cm³/mol. The Kier molecular flexibility index (Phi) is 3.82. The predicted octanol–water partition coefficient (Wildman–Crippen LogP) is 1.39. The average Bonchev–Trinajstić information content (AvgIpc) is 2.87. The van der Waals surface area contributed by atoms with E-state index in [0.29, 0.717) is 6.54 Å². The largest absolute Gasteiger partial charge is 0.376 e. The Balaban J connectivity index is 2.13. The summed E-state index contributed by atoms with van der Waals surface area (Å²) >= 11 is 1.71. The third kappa shape index (κ3) is 2.25. The van der Waals surface area contributed by atoms with E-state index in [-0.39, 0.29) is 11.6 Å². The van der Waals surface area contributed by atoms with Crippen LogP contribution in [0.2, 0.25) is 0 Å².